The number of furan rings is 1. The molecule has 7 heteroatoms. The summed E-state index contributed by atoms with van der Waals surface area (Å²) in [5, 5.41) is 3.41. The topological polar surface area (TPSA) is 92.8 Å². The van der Waals surface area contributed by atoms with Crippen molar-refractivity contribution >= 4 is 34.2 Å². The van der Waals surface area contributed by atoms with E-state index in [1.54, 1.807) is 53.4 Å². The van der Waals surface area contributed by atoms with Crippen LogP contribution in [0.2, 0.25) is 0 Å². The number of para-hydroxylation sites is 1. The minimum atomic E-state index is -0.705. The van der Waals surface area contributed by atoms with Crippen LogP contribution in [-0.2, 0) is 6.42 Å². The van der Waals surface area contributed by atoms with Gasteiger partial charge in [0, 0.05) is 23.3 Å². The summed E-state index contributed by atoms with van der Waals surface area (Å²) in [6.45, 7) is 0.554. The van der Waals surface area contributed by atoms with Gasteiger partial charge < -0.3 is 19.1 Å². The normalized spacial score (nSPS) is 13.1. The van der Waals surface area contributed by atoms with Crippen LogP contribution in [0.25, 0.3) is 11.0 Å². The zero-order chi connectivity index (χ0) is 21.4. The summed E-state index contributed by atoms with van der Waals surface area (Å²) in [7, 11) is 0. The van der Waals surface area contributed by atoms with Gasteiger partial charge in [-0.2, -0.15) is 0 Å². The summed E-state index contributed by atoms with van der Waals surface area (Å²) in [5.41, 5.74) is 1.84. The fourth-order valence-electron chi connectivity index (χ4n) is 3.82. The molecule has 31 heavy (non-hydrogen) atoms. The lowest BCUT2D eigenvalue weighted by Gasteiger charge is -2.29. The van der Waals surface area contributed by atoms with E-state index in [2.05, 4.69) is 5.32 Å². The Hall–Kier alpha value is -4.13. The molecule has 2 aromatic carbocycles. The SMILES string of the molecule is O=C(Nc1ccc2c(c1)N(C(=O)c1ccco1)CCC2)c1cc2ccccc2oc1=O. The maximum atomic E-state index is 12.8. The van der Waals surface area contributed by atoms with Crippen LogP contribution in [0.1, 0.15) is 32.9 Å². The Labute approximate surface area is 176 Å². The smallest absolute Gasteiger partial charge is 0.349 e. The number of carbonyl (C=O) groups excluding carboxylic acids is 2. The van der Waals surface area contributed by atoms with E-state index in [4.69, 9.17) is 8.83 Å². The van der Waals surface area contributed by atoms with Crippen molar-refractivity contribution in [2.45, 2.75) is 12.8 Å². The van der Waals surface area contributed by atoms with Crippen molar-refractivity contribution in [1.29, 1.82) is 0 Å². The van der Waals surface area contributed by atoms with E-state index in [1.807, 2.05) is 6.07 Å². The highest BCUT2D eigenvalue weighted by atomic mass is 16.4. The zero-order valence-corrected chi connectivity index (χ0v) is 16.5. The van der Waals surface area contributed by atoms with Crippen LogP contribution >= 0.6 is 0 Å². The van der Waals surface area contributed by atoms with E-state index in [9.17, 15) is 14.4 Å². The molecule has 0 saturated heterocycles. The average molecular weight is 414 g/mol. The fourth-order valence-corrected chi connectivity index (χ4v) is 3.82. The van der Waals surface area contributed by atoms with Gasteiger partial charge in [-0.3, -0.25) is 9.59 Å². The van der Waals surface area contributed by atoms with Crippen molar-refractivity contribution in [3.8, 4) is 0 Å². The van der Waals surface area contributed by atoms with Crippen molar-refractivity contribution in [3.63, 3.8) is 0 Å². The van der Waals surface area contributed by atoms with Gasteiger partial charge in [-0.15, -0.1) is 0 Å². The Morgan fingerprint density at radius 2 is 1.87 bits per heavy atom. The van der Waals surface area contributed by atoms with E-state index >= 15 is 0 Å². The molecule has 2 aromatic heterocycles. The fraction of sp³-hybridized carbons (Fsp3) is 0.125. The second kappa shape index (κ2) is 7.60. The molecule has 1 N–H and O–H groups in total. The first kappa shape index (κ1) is 18.9. The van der Waals surface area contributed by atoms with E-state index in [0.717, 1.165) is 24.1 Å². The molecule has 3 heterocycles. The van der Waals surface area contributed by atoms with E-state index in [1.165, 1.54) is 12.3 Å². The molecule has 0 saturated carbocycles. The van der Waals surface area contributed by atoms with E-state index in [0.29, 0.717) is 23.2 Å². The van der Waals surface area contributed by atoms with Crippen LogP contribution in [0.5, 0.6) is 0 Å². The van der Waals surface area contributed by atoms with Gasteiger partial charge in [-0.25, -0.2) is 4.79 Å². The Bertz CT molecular complexity index is 1350. The minimum absolute atomic E-state index is 0.0834. The van der Waals surface area contributed by atoms with Gasteiger partial charge in [0.25, 0.3) is 11.8 Å². The molecule has 0 unspecified atom stereocenters. The van der Waals surface area contributed by atoms with Crippen molar-refractivity contribution in [2.24, 2.45) is 0 Å². The number of hydrogen-bond acceptors (Lipinski definition) is 5. The van der Waals surface area contributed by atoms with Gasteiger partial charge in [0.2, 0.25) is 0 Å². The molecule has 1 aliphatic heterocycles. The van der Waals surface area contributed by atoms with Crippen LogP contribution in [-0.4, -0.2) is 18.4 Å². The molecular weight excluding hydrogens is 396 g/mol. The highest BCUT2D eigenvalue weighted by molar-refractivity contribution is 6.07. The quantitative estimate of drug-likeness (QED) is 0.507. The van der Waals surface area contributed by atoms with E-state index in [-0.39, 0.29) is 17.2 Å². The minimum Gasteiger partial charge on any atom is -0.459 e. The number of anilines is 2. The predicted molar refractivity (Wildman–Crippen MR) is 116 cm³/mol. The number of hydrogen-bond donors (Lipinski definition) is 1. The number of carbonyl (C=O) groups is 2. The summed E-state index contributed by atoms with van der Waals surface area (Å²) < 4.78 is 10.5. The molecule has 154 valence electrons. The van der Waals surface area contributed by atoms with Crippen LogP contribution in [0, 0.1) is 0 Å². The molecule has 1 aliphatic rings. The number of nitrogens with one attached hydrogen (secondary N) is 1. The first-order valence-corrected chi connectivity index (χ1v) is 9.93. The lowest BCUT2D eigenvalue weighted by atomic mass is 10.0. The van der Waals surface area contributed by atoms with Gasteiger partial charge >= 0.3 is 5.63 Å². The lowest BCUT2D eigenvalue weighted by molar-refractivity contribution is 0.0957. The second-order valence-electron chi connectivity index (χ2n) is 7.32. The summed E-state index contributed by atoms with van der Waals surface area (Å²) in [5.74, 6) is -0.542. The van der Waals surface area contributed by atoms with Gasteiger partial charge in [-0.1, -0.05) is 24.3 Å². The van der Waals surface area contributed by atoms with Crippen LogP contribution in [0.4, 0.5) is 11.4 Å². The third-order valence-corrected chi connectivity index (χ3v) is 5.32. The zero-order valence-electron chi connectivity index (χ0n) is 16.5. The van der Waals surface area contributed by atoms with Crippen LogP contribution < -0.4 is 15.8 Å². The number of fused-ring (bicyclic) bond motifs is 2. The van der Waals surface area contributed by atoms with Crippen molar-refractivity contribution in [1.82, 2.24) is 0 Å². The number of benzene rings is 2. The second-order valence-corrected chi connectivity index (χ2v) is 7.32. The highest BCUT2D eigenvalue weighted by Crippen LogP contribution is 2.31. The molecule has 0 bridgehead atoms. The van der Waals surface area contributed by atoms with Gasteiger partial charge in [-0.05, 0) is 54.8 Å². The molecule has 0 radical (unpaired) electrons. The lowest BCUT2D eigenvalue weighted by Crippen LogP contribution is -2.35. The monoisotopic (exact) mass is 414 g/mol. The summed E-state index contributed by atoms with van der Waals surface area (Å²) in [6, 6.07) is 17.2. The van der Waals surface area contributed by atoms with E-state index < -0.39 is 11.5 Å². The Kier molecular flexibility index (Phi) is 4.63. The molecule has 7 nitrogen and oxygen atoms in total. The van der Waals surface area contributed by atoms with Crippen LogP contribution in [0.15, 0.2) is 80.6 Å². The number of nitrogens with zero attached hydrogens (tertiary/aromatic N) is 1. The molecule has 0 atom stereocenters. The van der Waals surface area contributed by atoms with Gasteiger partial charge in [0.15, 0.2) is 5.76 Å². The summed E-state index contributed by atoms with van der Waals surface area (Å²) in [4.78, 5) is 39.6. The maximum Gasteiger partial charge on any atom is 0.349 e. The van der Waals surface area contributed by atoms with Crippen molar-refractivity contribution < 1.29 is 18.4 Å². The standard InChI is InChI=1S/C24H18N2O5/c27-22(18-13-16-5-1-2-7-20(16)31-24(18)29)25-17-10-9-15-6-3-11-26(19(15)14-17)23(28)21-8-4-12-30-21/h1-2,4-5,7-10,12-14H,3,6,11H2,(H,25,27). The third kappa shape index (κ3) is 3.50. The molecule has 5 rings (SSSR count). The molecule has 0 aliphatic carbocycles. The molecular formula is C24H18N2O5. The van der Waals surface area contributed by atoms with Crippen molar-refractivity contribution in [3.05, 3.63) is 94.2 Å². The van der Waals surface area contributed by atoms with Gasteiger partial charge in [0.1, 0.15) is 11.1 Å². The Morgan fingerprint density at radius 1 is 1.00 bits per heavy atom. The summed E-state index contributed by atoms with van der Waals surface area (Å²) >= 11 is 0. The average Bonchev–Trinajstić information content (AvgIpc) is 3.32. The Morgan fingerprint density at radius 3 is 2.71 bits per heavy atom. The number of aryl methyl sites for hydroxylation is 1. The maximum absolute atomic E-state index is 12.8. The highest BCUT2D eigenvalue weighted by Gasteiger charge is 2.26. The van der Waals surface area contributed by atoms with Gasteiger partial charge in [0.05, 0.1) is 6.26 Å². The Balaban J connectivity index is 1.45. The third-order valence-electron chi connectivity index (χ3n) is 5.32. The molecule has 4 aromatic rings. The van der Waals surface area contributed by atoms with Crippen molar-refractivity contribution in [2.75, 3.05) is 16.8 Å². The predicted octanol–water partition coefficient (Wildman–Crippen LogP) is 4.23. The van der Waals surface area contributed by atoms with Crippen LogP contribution in [0.3, 0.4) is 0 Å². The molecule has 0 spiro atoms. The first-order valence-electron chi connectivity index (χ1n) is 9.93. The molecule has 2 amide bonds. The number of amides is 2. The summed E-state index contributed by atoms with van der Waals surface area (Å²) in [6.07, 6.45) is 3.13. The number of rotatable bonds is 3. The molecule has 0 fully saturated rings. The largest absolute Gasteiger partial charge is 0.459 e. The first-order chi connectivity index (χ1) is 15.1.